The summed E-state index contributed by atoms with van der Waals surface area (Å²) in [5.41, 5.74) is -0.197. The predicted octanol–water partition coefficient (Wildman–Crippen LogP) is 1.02. The number of hydrogen-bond donors (Lipinski definition) is 1. The van der Waals surface area contributed by atoms with Crippen LogP contribution < -0.4 is 5.56 Å². The molecule has 12 heavy (non-hydrogen) atoms. The molecule has 0 spiro atoms. The molecule has 1 aromatic rings. The van der Waals surface area contributed by atoms with Gasteiger partial charge in [-0.2, -0.15) is 0 Å². The van der Waals surface area contributed by atoms with E-state index in [4.69, 9.17) is 11.6 Å². The van der Waals surface area contributed by atoms with E-state index in [1.165, 1.54) is 12.1 Å². The maximum atomic E-state index is 10.7. The van der Waals surface area contributed by atoms with Crippen molar-refractivity contribution in [3.8, 4) is 0 Å². The predicted molar refractivity (Wildman–Crippen MR) is 43.3 cm³/mol. The molecule has 1 rings (SSSR count). The molecule has 1 N–H and O–H groups in total. The Bertz CT molecular complexity index is 360. The van der Waals surface area contributed by atoms with Crippen LogP contribution in [-0.2, 0) is 5.88 Å². The van der Waals surface area contributed by atoms with E-state index in [1.807, 2.05) is 0 Å². The molecule has 0 saturated heterocycles. The zero-order chi connectivity index (χ0) is 9.14. The largest absolute Gasteiger partial charge is 0.358 e. The normalized spacial score (nSPS) is 9.75. The van der Waals surface area contributed by atoms with Crippen LogP contribution in [0.3, 0.4) is 0 Å². The Balaban J connectivity index is 3.31. The van der Waals surface area contributed by atoms with Crippen LogP contribution in [-0.4, -0.2) is 9.91 Å². The third-order valence-corrected chi connectivity index (χ3v) is 1.60. The number of halogens is 1. The first-order valence-corrected chi connectivity index (χ1v) is 3.61. The fourth-order valence-corrected chi connectivity index (χ4v) is 0.980. The number of hydrogen-bond acceptors (Lipinski definition) is 3. The SMILES string of the molecule is O=c1ccc(CCl)c([N+](=O)[O-])[nH]1. The molecule has 0 radical (unpaired) electrons. The average molecular weight is 189 g/mol. The lowest BCUT2D eigenvalue weighted by Crippen LogP contribution is -2.08. The Labute approximate surface area is 72.1 Å². The molecule has 0 bridgehead atoms. The lowest BCUT2D eigenvalue weighted by Gasteiger charge is -1.97. The Morgan fingerprint density at radius 2 is 2.25 bits per heavy atom. The fraction of sp³-hybridized carbons (Fsp3) is 0.167. The molecule has 6 heteroatoms. The van der Waals surface area contributed by atoms with Crippen molar-refractivity contribution in [3.63, 3.8) is 0 Å². The number of aromatic amines is 1. The molecule has 1 aromatic heterocycles. The minimum Gasteiger partial charge on any atom is -0.358 e. The van der Waals surface area contributed by atoms with Crippen LogP contribution in [0, 0.1) is 10.1 Å². The van der Waals surface area contributed by atoms with Gasteiger partial charge in [-0.05, 0) is 11.0 Å². The second-order valence-electron chi connectivity index (χ2n) is 2.09. The Morgan fingerprint density at radius 3 is 2.75 bits per heavy atom. The van der Waals surface area contributed by atoms with Crippen LogP contribution in [0.4, 0.5) is 5.82 Å². The van der Waals surface area contributed by atoms with E-state index < -0.39 is 10.5 Å². The molecule has 0 aliphatic rings. The Morgan fingerprint density at radius 1 is 1.58 bits per heavy atom. The summed E-state index contributed by atoms with van der Waals surface area (Å²) >= 11 is 5.40. The van der Waals surface area contributed by atoms with Gasteiger partial charge in [0.15, 0.2) is 0 Å². The van der Waals surface area contributed by atoms with Gasteiger partial charge in [-0.3, -0.25) is 0 Å². The topological polar surface area (TPSA) is 76.0 Å². The number of rotatable bonds is 2. The number of H-pyrrole nitrogens is 1. The van der Waals surface area contributed by atoms with E-state index in [9.17, 15) is 14.9 Å². The van der Waals surface area contributed by atoms with E-state index in [-0.39, 0.29) is 11.7 Å². The van der Waals surface area contributed by atoms with E-state index in [1.54, 1.807) is 0 Å². The molecule has 0 atom stereocenters. The molecule has 64 valence electrons. The first-order chi connectivity index (χ1) is 5.65. The van der Waals surface area contributed by atoms with Gasteiger partial charge in [0.25, 0.3) is 0 Å². The van der Waals surface area contributed by atoms with Crippen molar-refractivity contribution in [2.45, 2.75) is 5.88 Å². The highest BCUT2D eigenvalue weighted by Crippen LogP contribution is 2.13. The number of nitro groups is 1. The van der Waals surface area contributed by atoms with Crippen molar-refractivity contribution in [2.75, 3.05) is 0 Å². The number of alkyl halides is 1. The number of nitrogens with one attached hydrogen (secondary N) is 1. The Kier molecular flexibility index (Phi) is 2.44. The van der Waals surface area contributed by atoms with Crippen LogP contribution in [0.2, 0.25) is 0 Å². The van der Waals surface area contributed by atoms with Gasteiger partial charge in [0.1, 0.15) is 0 Å². The molecule has 0 amide bonds. The molecule has 0 aliphatic heterocycles. The van der Waals surface area contributed by atoms with Crippen LogP contribution in [0.25, 0.3) is 0 Å². The molecule has 0 saturated carbocycles. The van der Waals surface area contributed by atoms with Gasteiger partial charge >= 0.3 is 11.4 Å². The second kappa shape index (κ2) is 3.36. The highest BCUT2D eigenvalue weighted by atomic mass is 35.5. The molecule has 0 aromatic carbocycles. The summed E-state index contributed by atoms with van der Waals surface area (Å²) in [7, 11) is 0. The maximum Gasteiger partial charge on any atom is 0.331 e. The number of pyridine rings is 1. The van der Waals surface area contributed by atoms with Crippen molar-refractivity contribution in [3.05, 3.63) is 38.2 Å². The molecular weight excluding hydrogens is 184 g/mol. The summed E-state index contributed by atoms with van der Waals surface area (Å²) in [6.45, 7) is 0. The summed E-state index contributed by atoms with van der Waals surface area (Å²) in [5.74, 6) is -0.329. The van der Waals surface area contributed by atoms with E-state index >= 15 is 0 Å². The summed E-state index contributed by atoms with van der Waals surface area (Å²) in [6.07, 6.45) is 0. The van der Waals surface area contributed by atoms with Crippen LogP contribution in [0.15, 0.2) is 16.9 Å². The van der Waals surface area contributed by atoms with Gasteiger partial charge in [0, 0.05) is 6.07 Å². The van der Waals surface area contributed by atoms with Crippen molar-refractivity contribution >= 4 is 17.4 Å². The van der Waals surface area contributed by atoms with E-state index in [0.717, 1.165) is 0 Å². The quantitative estimate of drug-likeness (QED) is 0.428. The lowest BCUT2D eigenvalue weighted by atomic mass is 10.3. The minimum absolute atomic E-state index is 0.00704. The van der Waals surface area contributed by atoms with Gasteiger partial charge in [-0.1, -0.05) is 0 Å². The van der Waals surface area contributed by atoms with Crippen molar-refractivity contribution in [1.82, 2.24) is 4.98 Å². The van der Waals surface area contributed by atoms with Crippen LogP contribution in [0.1, 0.15) is 5.56 Å². The molecule has 1 heterocycles. The third kappa shape index (κ3) is 1.62. The average Bonchev–Trinajstić information content (AvgIpc) is 2.04. The van der Waals surface area contributed by atoms with Crippen LogP contribution in [0.5, 0.6) is 0 Å². The zero-order valence-corrected chi connectivity index (χ0v) is 6.67. The minimum atomic E-state index is -0.668. The monoisotopic (exact) mass is 188 g/mol. The van der Waals surface area contributed by atoms with E-state index in [2.05, 4.69) is 4.98 Å². The maximum absolute atomic E-state index is 10.7. The Hall–Kier alpha value is -1.36. The molecule has 5 nitrogen and oxygen atoms in total. The summed E-state index contributed by atoms with van der Waals surface area (Å²) in [6, 6.07) is 2.54. The highest BCUT2D eigenvalue weighted by Gasteiger charge is 2.11. The first kappa shape index (κ1) is 8.73. The fourth-order valence-electron chi connectivity index (χ4n) is 0.765. The molecular formula is C6H5ClN2O3. The van der Waals surface area contributed by atoms with Gasteiger partial charge in [0.2, 0.25) is 0 Å². The van der Waals surface area contributed by atoms with Gasteiger partial charge in [-0.15, -0.1) is 11.6 Å². The molecule has 0 fully saturated rings. The second-order valence-corrected chi connectivity index (χ2v) is 2.35. The number of aromatic nitrogens is 1. The third-order valence-electron chi connectivity index (χ3n) is 1.31. The van der Waals surface area contributed by atoms with Gasteiger partial charge in [-0.25, -0.2) is 9.78 Å². The smallest absolute Gasteiger partial charge is 0.331 e. The van der Waals surface area contributed by atoms with Crippen molar-refractivity contribution in [1.29, 1.82) is 0 Å². The zero-order valence-electron chi connectivity index (χ0n) is 5.91. The first-order valence-electron chi connectivity index (χ1n) is 3.07. The van der Waals surface area contributed by atoms with Crippen LogP contribution >= 0.6 is 11.6 Å². The summed E-state index contributed by atoms with van der Waals surface area (Å²) in [4.78, 5) is 22.4. The van der Waals surface area contributed by atoms with Crippen molar-refractivity contribution < 1.29 is 4.92 Å². The standard InChI is InChI=1S/C6H5ClN2O3/c7-3-4-1-2-5(10)8-6(4)9(11)12/h1-2H,3H2,(H,8,10). The van der Waals surface area contributed by atoms with Gasteiger partial charge < -0.3 is 10.1 Å². The lowest BCUT2D eigenvalue weighted by molar-refractivity contribution is -0.390. The van der Waals surface area contributed by atoms with Crippen molar-refractivity contribution in [2.24, 2.45) is 0 Å². The molecule has 0 unspecified atom stereocenters. The summed E-state index contributed by atoms with van der Waals surface area (Å²) in [5, 5.41) is 10.3. The highest BCUT2D eigenvalue weighted by molar-refractivity contribution is 6.17. The number of nitrogens with zero attached hydrogens (tertiary/aromatic N) is 1. The van der Waals surface area contributed by atoms with Gasteiger partial charge in [0.05, 0.1) is 11.4 Å². The van der Waals surface area contributed by atoms with E-state index in [0.29, 0.717) is 5.56 Å². The summed E-state index contributed by atoms with van der Waals surface area (Å²) < 4.78 is 0. The molecule has 0 aliphatic carbocycles.